The number of ether oxygens (including phenoxy) is 5. The smallest absolute Gasteiger partial charge is 0.421 e. The van der Waals surface area contributed by atoms with E-state index in [2.05, 4.69) is 4.74 Å². The van der Waals surface area contributed by atoms with Crippen molar-refractivity contribution >= 4 is 41.6 Å². The summed E-state index contributed by atoms with van der Waals surface area (Å²) in [6.45, 7) is 5.42. The maximum Gasteiger partial charge on any atom is 0.421 e. The van der Waals surface area contributed by atoms with Gasteiger partial charge in [-0.15, -0.1) is 0 Å². The van der Waals surface area contributed by atoms with Crippen LogP contribution < -0.4 is 11.5 Å². The van der Waals surface area contributed by atoms with Crippen molar-refractivity contribution in [3.05, 3.63) is 74.6 Å². The van der Waals surface area contributed by atoms with Crippen LogP contribution >= 0.6 is 0 Å². The first-order valence-corrected chi connectivity index (χ1v) is 15.7. The predicted molar refractivity (Wildman–Crippen MR) is 180 cm³/mol. The van der Waals surface area contributed by atoms with Gasteiger partial charge in [0, 0.05) is 42.8 Å². The zero-order valence-corrected chi connectivity index (χ0v) is 29.4. The number of nitrogens with zero attached hydrogens (tertiary/aromatic N) is 2. The van der Waals surface area contributed by atoms with E-state index in [1.54, 1.807) is 13.8 Å². The minimum atomic E-state index is -1.40. The highest BCUT2D eigenvalue weighted by Gasteiger charge is 2.43. The quantitative estimate of drug-likeness (QED) is 0.0340. The Hall–Kier alpha value is -5.66. The standard InChI is InChI=1S/C27H30N2O13.C6H14N2O2/c1-15(2)42-26(34)23-17(4)28(27(35)41-14-40-21(32)10-9-20(30)31)16(3)22(25(33)39-12-11-38-5)24(23)18-7-6-8-19(13-18)29(36)37;7-4-2-1-3-5(8)6(9)10/h6-10,13,15,24H,11-12,14H2,1-5H3,(H,30,31);5H,1-4,7-8H2,(H,9,10)/b10-9+;/t;5-/m.0/s1. The zero-order valence-electron chi connectivity index (χ0n) is 29.4. The van der Waals surface area contributed by atoms with Crippen LogP contribution in [0.3, 0.4) is 0 Å². The summed E-state index contributed by atoms with van der Waals surface area (Å²) in [6, 6.07) is 4.56. The van der Waals surface area contributed by atoms with Crippen LogP contribution in [0.1, 0.15) is 58.4 Å². The lowest BCUT2D eigenvalue weighted by Crippen LogP contribution is -2.39. The van der Waals surface area contributed by atoms with Gasteiger partial charge in [0.05, 0.1) is 34.7 Å². The van der Waals surface area contributed by atoms with Gasteiger partial charge in [0.15, 0.2) is 0 Å². The molecule has 19 nitrogen and oxygen atoms in total. The molecule has 2 atom stereocenters. The molecule has 2 rings (SSSR count). The van der Waals surface area contributed by atoms with Crippen molar-refractivity contribution in [2.24, 2.45) is 11.5 Å². The molecule has 1 aliphatic rings. The molecule has 52 heavy (non-hydrogen) atoms. The number of nitro benzene ring substituents is 1. The third-order valence-corrected chi connectivity index (χ3v) is 6.96. The summed E-state index contributed by atoms with van der Waals surface area (Å²) >= 11 is 0. The van der Waals surface area contributed by atoms with Gasteiger partial charge in [-0.25, -0.2) is 24.0 Å². The van der Waals surface area contributed by atoms with Gasteiger partial charge in [0.1, 0.15) is 12.6 Å². The van der Waals surface area contributed by atoms with E-state index in [1.807, 2.05) is 0 Å². The molecule has 0 aliphatic carbocycles. The predicted octanol–water partition coefficient (Wildman–Crippen LogP) is 2.49. The number of nitro groups is 1. The van der Waals surface area contributed by atoms with E-state index in [0.29, 0.717) is 25.1 Å². The second-order valence-electron chi connectivity index (χ2n) is 11.1. The van der Waals surface area contributed by atoms with Crippen LogP contribution in [-0.4, -0.2) is 102 Å². The number of hydrogen-bond donors (Lipinski definition) is 4. The number of unbranched alkanes of at least 4 members (excludes halogenated alkanes) is 1. The number of benzene rings is 1. The summed E-state index contributed by atoms with van der Waals surface area (Å²) in [5.74, 6) is -6.57. The number of allylic oxidation sites excluding steroid dienone is 2. The van der Waals surface area contributed by atoms with Crippen molar-refractivity contribution in [2.75, 3.05) is 33.7 Å². The molecule has 0 saturated carbocycles. The number of methoxy groups -OCH3 is 1. The summed E-state index contributed by atoms with van der Waals surface area (Å²) in [7, 11) is 1.39. The first kappa shape index (κ1) is 44.4. The number of amides is 1. The Morgan fingerprint density at radius 3 is 2.13 bits per heavy atom. The number of carboxylic acids is 2. The fourth-order valence-electron chi connectivity index (χ4n) is 4.61. The van der Waals surface area contributed by atoms with Gasteiger partial charge in [0.2, 0.25) is 6.79 Å². The molecule has 0 saturated heterocycles. The average Bonchev–Trinajstić information content (AvgIpc) is 3.07. The maximum atomic E-state index is 13.4. The van der Waals surface area contributed by atoms with E-state index >= 15 is 0 Å². The number of nitrogens with two attached hydrogens (primary N) is 2. The molecule has 1 unspecified atom stereocenters. The number of aliphatic carboxylic acids is 2. The summed E-state index contributed by atoms with van der Waals surface area (Å²) in [6.07, 6.45) is 1.50. The molecule has 286 valence electrons. The minimum absolute atomic E-state index is 0.0319. The van der Waals surface area contributed by atoms with E-state index in [-0.39, 0.29) is 47.0 Å². The molecule has 0 fully saturated rings. The fourth-order valence-corrected chi connectivity index (χ4v) is 4.61. The maximum absolute atomic E-state index is 13.4. The van der Waals surface area contributed by atoms with Crippen molar-refractivity contribution in [2.45, 2.75) is 65.0 Å². The lowest BCUT2D eigenvalue weighted by molar-refractivity contribution is -0.384. The zero-order chi connectivity index (χ0) is 39.5. The normalized spacial score (nSPS) is 14.7. The number of carbonyl (C=O) groups excluding carboxylic acids is 4. The van der Waals surface area contributed by atoms with Crippen molar-refractivity contribution in [1.82, 2.24) is 4.90 Å². The number of carboxylic acid groups (broad SMARTS) is 2. The molecule has 1 amide bonds. The van der Waals surface area contributed by atoms with Crippen molar-refractivity contribution < 1.29 is 67.6 Å². The lowest BCUT2D eigenvalue weighted by Gasteiger charge is -2.36. The molecule has 1 heterocycles. The van der Waals surface area contributed by atoms with Gasteiger partial charge < -0.3 is 45.4 Å². The highest BCUT2D eigenvalue weighted by atomic mass is 16.7. The van der Waals surface area contributed by atoms with Gasteiger partial charge in [0.25, 0.3) is 5.69 Å². The van der Waals surface area contributed by atoms with Crippen molar-refractivity contribution in [3.63, 3.8) is 0 Å². The number of rotatable bonds is 17. The molecule has 0 spiro atoms. The summed E-state index contributed by atoms with van der Waals surface area (Å²) in [5.41, 5.74) is 9.78. The van der Waals surface area contributed by atoms with E-state index in [9.17, 15) is 38.9 Å². The monoisotopic (exact) mass is 736 g/mol. The van der Waals surface area contributed by atoms with Crippen LogP contribution in [0.15, 0.2) is 59.0 Å². The molecule has 6 N–H and O–H groups in total. The third-order valence-electron chi connectivity index (χ3n) is 6.96. The number of non-ortho nitro benzene ring substituents is 1. The van der Waals surface area contributed by atoms with Gasteiger partial charge >= 0.3 is 35.9 Å². The molecule has 1 aliphatic heterocycles. The Morgan fingerprint density at radius 2 is 1.60 bits per heavy atom. The van der Waals surface area contributed by atoms with E-state index < -0.39 is 65.7 Å². The first-order valence-electron chi connectivity index (χ1n) is 15.7. The summed E-state index contributed by atoms with van der Waals surface area (Å²) in [4.78, 5) is 84.2. The average molecular weight is 737 g/mol. The number of hydrogen-bond acceptors (Lipinski definition) is 15. The molecule has 0 bridgehead atoms. The Bertz CT molecular complexity index is 1570. The second kappa shape index (κ2) is 22.2. The van der Waals surface area contributed by atoms with Crippen LogP contribution in [0.25, 0.3) is 0 Å². The third kappa shape index (κ3) is 13.9. The topological polar surface area (TPSA) is 287 Å². The van der Waals surface area contributed by atoms with Crippen LogP contribution in [0, 0.1) is 10.1 Å². The van der Waals surface area contributed by atoms with Gasteiger partial charge in [-0.1, -0.05) is 18.6 Å². The number of esters is 3. The molecule has 1 aromatic rings. The Labute approximate surface area is 298 Å². The van der Waals surface area contributed by atoms with Crippen LogP contribution in [0.4, 0.5) is 10.5 Å². The van der Waals surface area contributed by atoms with E-state index in [1.165, 1.54) is 45.2 Å². The van der Waals surface area contributed by atoms with E-state index in [4.69, 9.17) is 40.6 Å². The molecular formula is C33H44N4O15. The molecule has 0 aromatic heterocycles. The van der Waals surface area contributed by atoms with Crippen molar-refractivity contribution in [1.29, 1.82) is 0 Å². The fraction of sp³-hybridized carbons (Fsp3) is 0.455. The molecule has 19 heteroatoms. The second-order valence-corrected chi connectivity index (χ2v) is 11.1. The lowest BCUT2D eigenvalue weighted by atomic mass is 9.79. The molecule has 0 radical (unpaired) electrons. The van der Waals surface area contributed by atoms with Crippen LogP contribution in [-0.2, 0) is 47.7 Å². The number of carbonyl (C=O) groups is 6. The Balaban J connectivity index is 0.00000117. The van der Waals surface area contributed by atoms with Crippen LogP contribution in [0.5, 0.6) is 0 Å². The molecular weight excluding hydrogens is 692 g/mol. The SMILES string of the molecule is COCCOC(=O)C1=C(C)N(C(=O)OCOC(=O)/C=C/C(=O)O)C(C)=C(C(=O)OC(C)C)C1c1cccc([N+](=O)[O-])c1.NCCCC[C@H](N)C(=O)O. The minimum Gasteiger partial charge on any atom is -0.480 e. The highest BCUT2D eigenvalue weighted by Crippen LogP contribution is 2.44. The van der Waals surface area contributed by atoms with Gasteiger partial charge in [-0.2, -0.15) is 0 Å². The molecule has 1 aromatic carbocycles. The Kier molecular flexibility index (Phi) is 19.0. The first-order chi connectivity index (χ1) is 24.5. The summed E-state index contributed by atoms with van der Waals surface area (Å²) in [5, 5.41) is 28.5. The van der Waals surface area contributed by atoms with E-state index in [0.717, 1.165) is 17.7 Å². The van der Waals surface area contributed by atoms with Gasteiger partial charge in [-0.3, -0.25) is 19.8 Å². The summed E-state index contributed by atoms with van der Waals surface area (Å²) < 4.78 is 25.3. The van der Waals surface area contributed by atoms with Crippen LogP contribution in [0.2, 0.25) is 0 Å². The van der Waals surface area contributed by atoms with Gasteiger partial charge in [-0.05, 0) is 52.6 Å². The largest absolute Gasteiger partial charge is 0.480 e. The Morgan fingerprint density at radius 1 is 0.962 bits per heavy atom. The van der Waals surface area contributed by atoms with Crippen molar-refractivity contribution in [3.8, 4) is 0 Å². The highest BCUT2D eigenvalue weighted by molar-refractivity contribution is 6.01.